The van der Waals surface area contributed by atoms with Gasteiger partial charge in [0, 0.05) is 17.8 Å². The molecule has 1 aliphatic heterocycles. The minimum Gasteiger partial charge on any atom is -0.322 e. The number of alkyl halides is 3. The molecule has 0 aliphatic carbocycles. The summed E-state index contributed by atoms with van der Waals surface area (Å²) < 4.78 is 38.2. The van der Waals surface area contributed by atoms with E-state index in [2.05, 4.69) is 10.6 Å². The van der Waals surface area contributed by atoms with Gasteiger partial charge in [0.1, 0.15) is 0 Å². The van der Waals surface area contributed by atoms with Gasteiger partial charge in [-0.15, -0.1) is 0 Å². The highest BCUT2D eigenvalue weighted by atomic mass is 19.4. The van der Waals surface area contributed by atoms with Gasteiger partial charge in [-0.05, 0) is 61.2 Å². The Balaban J connectivity index is 1.68. The number of anilines is 1. The molecule has 25 heavy (non-hydrogen) atoms. The zero-order valence-electron chi connectivity index (χ0n) is 13.6. The second-order valence-electron chi connectivity index (χ2n) is 6.20. The lowest BCUT2D eigenvalue weighted by atomic mass is 9.91. The Hall–Kier alpha value is -2.34. The van der Waals surface area contributed by atoms with E-state index < -0.39 is 17.6 Å². The van der Waals surface area contributed by atoms with Gasteiger partial charge in [0.15, 0.2) is 0 Å². The highest BCUT2D eigenvalue weighted by molar-refractivity contribution is 6.04. The number of hydrogen-bond acceptors (Lipinski definition) is 2. The Kier molecular flexibility index (Phi) is 5.08. The van der Waals surface area contributed by atoms with E-state index in [0.29, 0.717) is 11.6 Å². The van der Waals surface area contributed by atoms with E-state index in [9.17, 15) is 18.0 Å². The van der Waals surface area contributed by atoms with Crippen LogP contribution in [0.3, 0.4) is 0 Å². The summed E-state index contributed by atoms with van der Waals surface area (Å²) in [5.41, 5.74) is 0.912. The molecule has 1 atom stereocenters. The topological polar surface area (TPSA) is 41.1 Å². The molecule has 0 spiro atoms. The molecule has 132 valence electrons. The van der Waals surface area contributed by atoms with Crippen molar-refractivity contribution in [2.75, 3.05) is 18.4 Å². The lowest BCUT2D eigenvalue weighted by molar-refractivity contribution is -0.137. The Bertz CT molecular complexity index is 735. The van der Waals surface area contributed by atoms with Crippen LogP contribution < -0.4 is 10.6 Å². The quantitative estimate of drug-likeness (QED) is 0.862. The average Bonchev–Trinajstić information content (AvgIpc) is 2.62. The zero-order valence-corrected chi connectivity index (χ0v) is 13.6. The molecule has 3 nitrogen and oxygen atoms in total. The Morgan fingerprint density at radius 3 is 2.52 bits per heavy atom. The number of carbonyl (C=O) groups excluding carboxylic acids is 1. The van der Waals surface area contributed by atoms with Crippen molar-refractivity contribution >= 4 is 11.6 Å². The summed E-state index contributed by atoms with van der Waals surface area (Å²) in [6.45, 7) is 1.98. The van der Waals surface area contributed by atoms with Crippen molar-refractivity contribution in [3.05, 3.63) is 65.2 Å². The fourth-order valence-corrected chi connectivity index (χ4v) is 3.01. The summed E-state index contributed by atoms with van der Waals surface area (Å²) in [7, 11) is 0. The summed E-state index contributed by atoms with van der Waals surface area (Å²) in [6.07, 6.45) is -2.20. The lowest BCUT2D eigenvalue weighted by Gasteiger charge is -2.23. The van der Waals surface area contributed by atoms with Crippen molar-refractivity contribution in [3.63, 3.8) is 0 Å². The highest BCUT2D eigenvalue weighted by Gasteiger charge is 2.30. The number of amides is 1. The number of rotatable bonds is 3. The van der Waals surface area contributed by atoms with Crippen LogP contribution >= 0.6 is 0 Å². The fourth-order valence-electron chi connectivity index (χ4n) is 3.01. The molecule has 0 saturated carbocycles. The molecule has 1 fully saturated rings. The number of piperidine rings is 1. The largest absolute Gasteiger partial charge is 0.416 e. The number of hydrogen-bond donors (Lipinski definition) is 2. The van der Waals surface area contributed by atoms with Crippen LogP contribution in [-0.2, 0) is 6.18 Å². The number of nitrogens with one attached hydrogen (secondary N) is 2. The molecule has 3 rings (SSSR count). The molecular formula is C19H19F3N2O. The van der Waals surface area contributed by atoms with E-state index in [0.717, 1.165) is 38.1 Å². The van der Waals surface area contributed by atoms with Crippen molar-refractivity contribution in [1.29, 1.82) is 0 Å². The molecule has 0 bridgehead atoms. The van der Waals surface area contributed by atoms with Gasteiger partial charge in [0.2, 0.25) is 0 Å². The van der Waals surface area contributed by atoms with E-state index in [4.69, 9.17) is 0 Å². The second kappa shape index (κ2) is 7.27. The van der Waals surface area contributed by atoms with Crippen LogP contribution in [-0.4, -0.2) is 19.0 Å². The molecule has 1 saturated heterocycles. The standard InChI is InChI=1S/C19H19F3N2O/c20-19(21,22)16-5-1-3-14(11-16)18(25)24-17-8-6-13(7-9-17)15-4-2-10-23-12-15/h1,3,5-9,11,15,23H,2,4,10,12H2,(H,24,25). The first-order valence-corrected chi connectivity index (χ1v) is 8.23. The highest BCUT2D eigenvalue weighted by Crippen LogP contribution is 2.30. The number of carbonyl (C=O) groups is 1. The third-order valence-electron chi connectivity index (χ3n) is 4.39. The van der Waals surface area contributed by atoms with Crippen LogP contribution in [0.15, 0.2) is 48.5 Å². The maximum Gasteiger partial charge on any atom is 0.416 e. The molecule has 2 aromatic carbocycles. The molecule has 0 aromatic heterocycles. The van der Waals surface area contributed by atoms with Gasteiger partial charge in [-0.3, -0.25) is 4.79 Å². The molecule has 0 radical (unpaired) electrons. The van der Waals surface area contributed by atoms with E-state index in [1.807, 2.05) is 12.1 Å². The number of benzene rings is 2. The predicted molar refractivity (Wildman–Crippen MR) is 90.7 cm³/mol. The van der Waals surface area contributed by atoms with Crippen LogP contribution in [0.25, 0.3) is 0 Å². The summed E-state index contributed by atoms with van der Waals surface area (Å²) in [5.74, 6) is -0.0971. The van der Waals surface area contributed by atoms with Crippen LogP contribution in [0.4, 0.5) is 18.9 Å². The molecule has 1 amide bonds. The second-order valence-corrected chi connectivity index (χ2v) is 6.20. The molecule has 1 heterocycles. The smallest absolute Gasteiger partial charge is 0.322 e. The van der Waals surface area contributed by atoms with Crippen molar-refractivity contribution in [2.24, 2.45) is 0 Å². The normalized spacial score (nSPS) is 18.0. The van der Waals surface area contributed by atoms with E-state index in [1.165, 1.54) is 17.7 Å². The summed E-state index contributed by atoms with van der Waals surface area (Å²) >= 11 is 0. The van der Waals surface area contributed by atoms with Crippen LogP contribution in [0.1, 0.15) is 40.2 Å². The van der Waals surface area contributed by atoms with Crippen LogP contribution in [0, 0.1) is 0 Å². The van der Waals surface area contributed by atoms with Gasteiger partial charge in [0.05, 0.1) is 5.56 Å². The lowest BCUT2D eigenvalue weighted by Crippen LogP contribution is -2.28. The maximum absolute atomic E-state index is 12.7. The van der Waals surface area contributed by atoms with Crippen molar-refractivity contribution in [3.8, 4) is 0 Å². The van der Waals surface area contributed by atoms with Gasteiger partial charge >= 0.3 is 6.18 Å². The first-order chi connectivity index (χ1) is 11.9. The van der Waals surface area contributed by atoms with E-state index in [-0.39, 0.29) is 5.56 Å². The Labute approximate surface area is 144 Å². The number of halogens is 3. The minimum absolute atomic E-state index is 0.0182. The molecule has 2 aromatic rings. The van der Waals surface area contributed by atoms with Crippen molar-refractivity contribution in [2.45, 2.75) is 24.9 Å². The van der Waals surface area contributed by atoms with Crippen molar-refractivity contribution < 1.29 is 18.0 Å². The fraction of sp³-hybridized carbons (Fsp3) is 0.316. The molecule has 2 N–H and O–H groups in total. The summed E-state index contributed by atoms with van der Waals surface area (Å²) in [4.78, 5) is 12.2. The van der Waals surface area contributed by atoms with Gasteiger partial charge in [-0.2, -0.15) is 13.2 Å². The Morgan fingerprint density at radius 2 is 1.88 bits per heavy atom. The molecular weight excluding hydrogens is 329 g/mol. The first-order valence-electron chi connectivity index (χ1n) is 8.23. The maximum atomic E-state index is 12.7. The van der Waals surface area contributed by atoms with Gasteiger partial charge in [-0.25, -0.2) is 0 Å². The summed E-state index contributed by atoms with van der Waals surface area (Å²) in [5, 5.41) is 6.00. The van der Waals surface area contributed by atoms with Gasteiger partial charge < -0.3 is 10.6 Å². The predicted octanol–water partition coefficient (Wildman–Crippen LogP) is 4.42. The monoisotopic (exact) mass is 348 g/mol. The van der Waals surface area contributed by atoms with Gasteiger partial charge in [0.25, 0.3) is 5.91 Å². The van der Waals surface area contributed by atoms with E-state index >= 15 is 0 Å². The third kappa shape index (κ3) is 4.39. The zero-order chi connectivity index (χ0) is 17.9. The Morgan fingerprint density at radius 1 is 1.12 bits per heavy atom. The average molecular weight is 348 g/mol. The van der Waals surface area contributed by atoms with Crippen LogP contribution in [0.2, 0.25) is 0 Å². The molecule has 1 aliphatic rings. The summed E-state index contributed by atoms with van der Waals surface area (Å²) in [6, 6.07) is 11.9. The van der Waals surface area contributed by atoms with Crippen molar-refractivity contribution in [1.82, 2.24) is 5.32 Å². The van der Waals surface area contributed by atoms with E-state index in [1.54, 1.807) is 12.1 Å². The first kappa shape index (κ1) is 17.5. The molecule has 6 heteroatoms. The van der Waals surface area contributed by atoms with Gasteiger partial charge in [-0.1, -0.05) is 18.2 Å². The minimum atomic E-state index is -4.47. The molecule has 1 unspecified atom stereocenters. The SMILES string of the molecule is O=C(Nc1ccc(C2CCCNC2)cc1)c1cccc(C(F)(F)F)c1. The van der Waals surface area contributed by atoms with Crippen LogP contribution in [0.5, 0.6) is 0 Å². The third-order valence-corrected chi connectivity index (χ3v) is 4.39.